The molecule has 1 saturated heterocycles. The van der Waals surface area contributed by atoms with E-state index in [2.05, 4.69) is 83.5 Å². The van der Waals surface area contributed by atoms with Crippen molar-refractivity contribution in [2.75, 3.05) is 31.1 Å². The van der Waals surface area contributed by atoms with Crippen molar-refractivity contribution in [1.82, 2.24) is 24.0 Å². The van der Waals surface area contributed by atoms with Crippen LogP contribution in [0.4, 0.5) is 5.95 Å². The van der Waals surface area contributed by atoms with Gasteiger partial charge in [0.1, 0.15) is 0 Å². The molecule has 6 nitrogen and oxygen atoms in total. The first-order valence-electron chi connectivity index (χ1n) is 10.8. The molecule has 0 bridgehead atoms. The summed E-state index contributed by atoms with van der Waals surface area (Å²) in [5, 5.41) is 0. The molecule has 0 spiro atoms. The van der Waals surface area contributed by atoms with E-state index < -0.39 is 0 Å². The third-order valence-corrected chi connectivity index (χ3v) is 6.38. The van der Waals surface area contributed by atoms with Crippen molar-refractivity contribution in [1.29, 1.82) is 0 Å². The second-order valence-corrected chi connectivity index (χ2v) is 8.25. The molecule has 1 aliphatic heterocycles. The number of rotatable bonds is 6. The zero-order valence-corrected chi connectivity index (χ0v) is 18.3. The number of benzene rings is 2. The SMILES string of the molecule is S=c1n(CCc2ccccc2)c2ccccc2n1CN1CCN(c2ncccn2)CC1. The van der Waals surface area contributed by atoms with Gasteiger partial charge in [-0.2, -0.15) is 0 Å². The van der Waals surface area contributed by atoms with Gasteiger partial charge in [0.15, 0.2) is 4.77 Å². The normalized spacial score (nSPS) is 14.9. The van der Waals surface area contributed by atoms with Gasteiger partial charge in [0.05, 0.1) is 17.7 Å². The molecule has 4 aromatic rings. The summed E-state index contributed by atoms with van der Waals surface area (Å²) in [7, 11) is 0. The van der Waals surface area contributed by atoms with E-state index in [0.717, 1.165) is 56.5 Å². The molecule has 7 heteroatoms. The average Bonchev–Trinajstić information content (AvgIpc) is 3.10. The molecule has 0 aliphatic carbocycles. The zero-order valence-electron chi connectivity index (χ0n) is 17.5. The van der Waals surface area contributed by atoms with Gasteiger partial charge in [-0.25, -0.2) is 9.97 Å². The Morgan fingerprint density at radius 2 is 1.39 bits per heavy atom. The fourth-order valence-corrected chi connectivity index (χ4v) is 4.60. The first-order chi connectivity index (χ1) is 15.3. The second kappa shape index (κ2) is 8.99. The number of aromatic nitrogens is 4. The second-order valence-electron chi connectivity index (χ2n) is 7.88. The summed E-state index contributed by atoms with van der Waals surface area (Å²) in [4.78, 5) is 13.5. The lowest BCUT2D eigenvalue weighted by Crippen LogP contribution is -2.47. The van der Waals surface area contributed by atoms with E-state index in [0.29, 0.717) is 0 Å². The predicted octanol–water partition coefficient (Wildman–Crippen LogP) is 3.98. The Bertz CT molecular complexity index is 1190. The molecule has 0 N–H and O–H groups in total. The number of aryl methyl sites for hydroxylation is 2. The molecule has 0 atom stereocenters. The summed E-state index contributed by atoms with van der Waals surface area (Å²) in [5.74, 6) is 0.816. The van der Waals surface area contributed by atoms with Crippen LogP contribution in [0.25, 0.3) is 11.0 Å². The van der Waals surface area contributed by atoms with Gasteiger partial charge < -0.3 is 14.0 Å². The van der Waals surface area contributed by atoms with Crippen molar-refractivity contribution in [3.8, 4) is 0 Å². The molecule has 158 valence electrons. The summed E-state index contributed by atoms with van der Waals surface area (Å²) in [6, 6.07) is 21.0. The third-order valence-electron chi connectivity index (χ3n) is 5.94. The molecule has 2 aromatic heterocycles. The van der Waals surface area contributed by atoms with Crippen LogP contribution in [0.2, 0.25) is 0 Å². The Morgan fingerprint density at radius 3 is 2.10 bits per heavy atom. The highest BCUT2D eigenvalue weighted by molar-refractivity contribution is 7.71. The van der Waals surface area contributed by atoms with Crippen LogP contribution < -0.4 is 4.90 Å². The van der Waals surface area contributed by atoms with Crippen LogP contribution >= 0.6 is 12.2 Å². The lowest BCUT2D eigenvalue weighted by atomic mass is 10.1. The van der Waals surface area contributed by atoms with Crippen molar-refractivity contribution < 1.29 is 0 Å². The minimum absolute atomic E-state index is 0.807. The Hall–Kier alpha value is -3.03. The Labute approximate surface area is 187 Å². The minimum atomic E-state index is 0.807. The Kier molecular flexibility index (Phi) is 5.78. The summed E-state index contributed by atoms with van der Waals surface area (Å²) < 4.78 is 5.46. The smallest absolute Gasteiger partial charge is 0.225 e. The van der Waals surface area contributed by atoms with Crippen molar-refractivity contribution >= 4 is 29.2 Å². The van der Waals surface area contributed by atoms with Gasteiger partial charge in [0.2, 0.25) is 5.95 Å². The zero-order chi connectivity index (χ0) is 21.0. The number of anilines is 1. The van der Waals surface area contributed by atoms with Crippen molar-refractivity contribution in [3.05, 3.63) is 83.4 Å². The van der Waals surface area contributed by atoms with Gasteiger partial charge in [0, 0.05) is 45.1 Å². The van der Waals surface area contributed by atoms with E-state index in [1.165, 1.54) is 16.6 Å². The van der Waals surface area contributed by atoms with E-state index in [1.54, 1.807) is 12.4 Å². The number of para-hydroxylation sites is 2. The van der Waals surface area contributed by atoms with Crippen molar-refractivity contribution in [3.63, 3.8) is 0 Å². The van der Waals surface area contributed by atoms with E-state index in [9.17, 15) is 0 Å². The highest BCUT2D eigenvalue weighted by Crippen LogP contribution is 2.20. The number of hydrogen-bond acceptors (Lipinski definition) is 5. The molecular weight excluding hydrogens is 404 g/mol. The number of hydrogen-bond donors (Lipinski definition) is 0. The Morgan fingerprint density at radius 1 is 0.742 bits per heavy atom. The number of piperazine rings is 1. The van der Waals surface area contributed by atoms with Gasteiger partial charge in [-0.05, 0) is 42.4 Å². The maximum atomic E-state index is 5.95. The summed E-state index contributed by atoms with van der Waals surface area (Å²) in [5.41, 5.74) is 3.75. The van der Waals surface area contributed by atoms with Crippen molar-refractivity contribution in [2.24, 2.45) is 0 Å². The average molecular weight is 431 g/mol. The molecule has 1 aliphatic rings. The fraction of sp³-hybridized carbons (Fsp3) is 0.292. The molecule has 5 rings (SSSR count). The lowest BCUT2D eigenvalue weighted by Gasteiger charge is -2.34. The molecule has 0 saturated carbocycles. The quantitative estimate of drug-likeness (QED) is 0.433. The molecule has 0 amide bonds. The summed E-state index contributed by atoms with van der Waals surface area (Å²) in [6.45, 7) is 5.46. The number of imidazole rings is 1. The van der Waals surface area contributed by atoms with Crippen LogP contribution in [0, 0.1) is 4.77 Å². The van der Waals surface area contributed by atoms with E-state index in [1.807, 2.05) is 6.07 Å². The van der Waals surface area contributed by atoms with E-state index >= 15 is 0 Å². The van der Waals surface area contributed by atoms with Gasteiger partial charge >= 0.3 is 0 Å². The van der Waals surface area contributed by atoms with Crippen LogP contribution in [0.15, 0.2) is 73.1 Å². The predicted molar refractivity (Wildman–Crippen MR) is 127 cm³/mol. The van der Waals surface area contributed by atoms with Crippen LogP contribution in [-0.2, 0) is 19.6 Å². The van der Waals surface area contributed by atoms with E-state index in [4.69, 9.17) is 12.2 Å². The third kappa shape index (κ3) is 4.24. The molecule has 31 heavy (non-hydrogen) atoms. The number of nitrogens with zero attached hydrogens (tertiary/aromatic N) is 6. The summed E-state index contributed by atoms with van der Waals surface area (Å²) >= 11 is 5.95. The van der Waals surface area contributed by atoms with Crippen LogP contribution in [0.3, 0.4) is 0 Å². The maximum absolute atomic E-state index is 5.95. The molecule has 3 heterocycles. The van der Waals surface area contributed by atoms with Crippen molar-refractivity contribution in [2.45, 2.75) is 19.6 Å². The molecule has 0 radical (unpaired) electrons. The standard InChI is InChI=1S/C24H26N6S/c31-24-29(14-11-20-7-2-1-3-8-20)21-9-4-5-10-22(21)30(24)19-27-15-17-28(18-16-27)23-25-12-6-13-26-23/h1-10,12-13H,11,14-19H2. The highest BCUT2D eigenvalue weighted by Gasteiger charge is 2.20. The van der Waals surface area contributed by atoms with E-state index in [-0.39, 0.29) is 0 Å². The number of fused-ring (bicyclic) bond motifs is 1. The Balaban J connectivity index is 1.33. The van der Waals surface area contributed by atoms with Gasteiger partial charge in [-0.15, -0.1) is 0 Å². The van der Waals surface area contributed by atoms with Crippen LogP contribution in [0.5, 0.6) is 0 Å². The van der Waals surface area contributed by atoms with Crippen LogP contribution in [0.1, 0.15) is 5.56 Å². The van der Waals surface area contributed by atoms with Gasteiger partial charge in [-0.3, -0.25) is 4.90 Å². The molecule has 2 aromatic carbocycles. The van der Waals surface area contributed by atoms with Gasteiger partial charge in [-0.1, -0.05) is 42.5 Å². The first kappa shape index (κ1) is 19.9. The summed E-state index contributed by atoms with van der Waals surface area (Å²) in [6.07, 6.45) is 4.58. The van der Waals surface area contributed by atoms with Gasteiger partial charge in [0.25, 0.3) is 0 Å². The monoisotopic (exact) mass is 430 g/mol. The lowest BCUT2D eigenvalue weighted by molar-refractivity contribution is 0.206. The highest BCUT2D eigenvalue weighted by atomic mass is 32.1. The molecular formula is C24H26N6S. The topological polar surface area (TPSA) is 42.1 Å². The maximum Gasteiger partial charge on any atom is 0.225 e. The van der Waals surface area contributed by atoms with Crippen LogP contribution in [-0.4, -0.2) is 50.2 Å². The first-order valence-corrected chi connectivity index (χ1v) is 11.2. The largest absolute Gasteiger partial charge is 0.338 e. The fourth-order valence-electron chi connectivity index (χ4n) is 4.25. The molecule has 0 unspecified atom stereocenters. The minimum Gasteiger partial charge on any atom is -0.338 e. The molecule has 1 fully saturated rings.